The van der Waals surface area contributed by atoms with Gasteiger partial charge in [-0.25, -0.2) is 4.79 Å². The van der Waals surface area contributed by atoms with E-state index in [9.17, 15) is 14.4 Å². The lowest BCUT2D eigenvalue weighted by atomic mass is 10.00. The molecule has 32 heavy (non-hydrogen) atoms. The van der Waals surface area contributed by atoms with Crippen LogP contribution in [0, 0.1) is 0 Å². The molecule has 2 amide bonds. The minimum absolute atomic E-state index is 0.0328. The Morgan fingerprint density at radius 2 is 1.75 bits per heavy atom. The molecule has 0 saturated heterocycles. The summed E-state index contributed by atoms with van der Waals surface area (Å²) in [5, 5.41) is 2.85. The number of amides is 2. The molecule has 0 saturated carbocycles. The largest absolute Gasteiger partial charge is 0.420 e. The average molecular weight is 427 g/mol. The number of oxazole rings is 1. The third-order valence-corrected chi connectivity index (χ3v) is 5.62. The van der Waals surface area contributed by atoms with Crippen molar-refractivity contribution >= 4 is 34.3 Å². The highest BCUT2D eigenvalue weighted by molar-refractivity contribution is 6.07. The van der Waals surface area contributed by atoms with Crippen molar-refractivity contribution in [3.8, 4) is 0 Å². The van der Waals surface area contributed by atoms with Crippen molar-refractivity contribution < 1.29 is 14.0 Å². The number of anilines is 2. The predicted molar refractivity (Wildman–Crippen MR) is 122 cm³/mol. The molecule has 1 aliphatic heterocycles. The van der Waals surface area contributed by atoms with Crippen LogP contribution < -0.4 is 16.0 Å². The second-order valence-electron chi connectivity index (χ2n) is 7.74. The molecule has 7 heteroatoms. The molecule has 0 radical (unpaired) electrons. The van der Waals surface area contributed by atoms with Crippen LogP contribution >= 0.6 is 0 Å². The lowest BCUT2D eigenvalue weighted by Gasteiger charge is -2.30. The van der Waals surface area contributed by atoms with Gasteiger partial charge in [-0.15, -0.1) is 0 Å². The van der Waals surface area contributed by atoms with Crippen LogP contribution in [0.4, 0.5) is 11.4 Å². The molecule has 0 atom stereocenters. The first-order chi connectivity index (χ1) is 15.6. The number of nitrogens with zero attached hydrogens (tertiary/aromatic N) is 2. The van der Waals surface area contributed by atoms with E-state index in [-0.39, 0.29) is 18.4 Å². The average Bonchev–Trinajstić information content (AvgIpc) is 3.13. The maximum absolute atomic E-state index is 13.0. The van der Waals surface area contributed by atoms with E-state index in [1.807, 2.05) is 42.5 Å². The van der Waals surface area contributed by atoms with Crippen molar-refractivity contribution in [2.75, 3.05) is 16.8 Å². The first kappa shape index (κ1) is 19.8. The number of carbonyl (C=O) groups is 2. The van der Waals surface area contributed by atoms with Gasteiger partial charge in [-0.2, -0.15) is 0 Å². The van der Waals surface area contributed by atoms with E-state index >= 15 is 0 Å². The molecule has 160 valence electrons. The van der Waals surface area contributed by atoms with Crippen LogP contribution in [-0.2, 0) is 17.8 Å². The summed E-state index contributed by atoms with van der Waals surface area (Å²) < 4.78 is 6.49. The number of hydrogen-bond donors (Lipinski definition) is 1. The molecule has 1 aromatic heterocycles. The summed E-state index contributed by atoms with van der Waals surface area (Å²) in [6.07, 6.45) is 1.67. The Kier molecular flexibility index (Phi) is 5.07. The van der Waals surface area contributed by atoms with Crippen molar-refractivity contribution in [3.63, 3.8) is 0 Å². The first-order valence-corrected chi connectivity index (χ1v) is 10.5. The van der Waals surface area contributed by atoms with Crippen LogP contribution in [0.25, 0.3) is 11.1 Å². The zero-order valence-electron chi connectivity index (χ0n) is 17.3. The molecule has 2 heterocycles. The number of aryl methyl sites for hydroxylation is 1. The van der Waals surface area contributed by atoms with Gasteiger partial charge >= 0.3 is 5.76 Å². The van der Waals surface area contributed by atoms with Crippen molar-refractivity contribution in [2.45, 2.75) is 19.4 Å². The van der Waals surface area contributed by atoms with E-state index in [0.29, 0.717) is 28.9 Å². The molecule has 7 nitrogen and oxygen atoms in total. The topological polar surface area (TPSA) is 84.5 Å². The van der Waals surface area contributed by atoms with Gasteiger partial charge in [-0.05, 0) is 60.9 Å². The fourth-order valence-electron chi connectivity index (χ4n) is 4.13. The molecule has 3 aromatic carbocycles. The Hall–Kier alpha value is -4.13. The van der Waals surface area contributed by atoms with Gasteiger partial charge in [0.2, 0.25) is 5.91 Å². The smallest absolute Gasteiger partial charge is 0.408 e. The zero-order valence-corrected chi connectivity index (χ0v) is 17.3. The van der Waals surface area contributed by atoms with Gasteiger partial charge in [0.15, 0.2) is 5.58 Å². The maximum atomic E-state index is 13.0. The molecule has 0 unspecified atom stereocenters. The minimum atomic E-state index is -0.568. The van der Waals surface area contributed by atoms with E-state index < -0.39 is 5.76 Å². The second kappa shape index (κ2) is 8.19. The predicted octanol–water partition coefficient (Wildman–Crippen LogP) is 3.83. The number of para-hydroxylation sites is 2. The second-order valence-corrected chi connectivity index (χ2v) is 7.74. The number of nitrogens with one attached hydrogen (secondary N) is 1. The monoisotopic (exact) mass is 427 g/mol. The van der Waals surface area contributed by atoms with E-state index in [1.54, 1.807) is 35.2 Å². The maximum Gasteiger partial charge on any atom is 0.420 e. The highest BCUT2D eigenvalue weighted by Crippen LogP contribution is 2.31. The quantitative estimate of drug-likeness (QED) is 0.537. The van der Waals surface area contributed by atoms with E-state index in [2.05, 4.69) is 5.32 Å². The third kappa shape index (κ3) is 3.69. The molecule has 4 aromatic rings. The summed E-state index contributed by atoms with van der Waals surface area (Å²) in [6, 6.07) is 21.8. The summed E-state index contributed by atoms with van der Waals surface area (Å²) in [5.41, 5.74) is 4.17. The lowest BCUT2D eigenvalue weighted by Crippen LogP contribution is -2.35. The molecule has 5 rings (SSSR count). The lowest BCUT2D eigenvalue weighted by molar-refractivity contribution is -0.116. The molecule has 0 aliphatic carbocycles. The Labute approximate surface area is 183 Å². The fraction of sp³-hybridized carbons (Fsp3) is 0.160. The van der Waals surface area contributed by atoms with Gasteiger partial charge in [0.05, 0.1) is 5.52 Å². The number of hydrogen-bond acceptors (Lipinski definition) is 4. The van der Waals surface area contributed by atoms with Gasteiger partial charge in [-0.1, -0.05) is 30.3 Å². The summed E-state index contributed by atoms with van der Waals surface area (Å²) in [7, 11) is 0. The van der Waals surface area contributed by atoms with Gasteiger partial charge < -0.3 is 14.6 Å². The highest BCUT2D eigenvalue weighted by Gasteiger charge is 2.24. The fourth-order valence-corrected chi connectivity index (χ4v) is 4.13. The normalized spacial score (nSPS) is 13.1. The number of rotatable bonds is 4. The Morgan fingerprint density at radius 3 is 2.59 bits per heavy atom. The molecule has 1 N–H and O–H groups in total. The van der Waals surface area contributed by atoms with Gasteiger partial charge in [-0.3, -0.25) is 14.2 Å². The van der Waals surface area contributed by atoms with Crippen molar-refractivity contribution in [3.05, 3.63) is 94.5 Å². The van der Waals surface area contributed by atoms with Crippen LogP contribution in [0.2, 0.25) is 0 Å². The van der Waals surface area contributed by atoms with E-state index in [1.165, 1.54) is 4.57 Å². The van der Waals surface area contributed by atoms with Crippen molar-refractivity contribution in [2.24, 2.45) is 0 Å². The molecule has 1 aliphatic rings. The van der Waals surface area contributed by atoms with Crippen LogP contribution in [0.15, 0.2) is 82.0 Å². The summed E-state index contributed by atoms with van der Waals surface area (Å²) in [5.74, 6) is -0.928. The SMILES string of the molecule is O=C(Cn1c(=O)oc2ccccc21)Nc1ccc2c(c1)CCCN2C(=O)c1ccccc1. The van der Waals surface area contributed by atoms with Crippen LogP contribution in [0.3, 0.4) is 0 Å². The molecular weight excluding hydrogens is 406 g/mol. The summed E-state index contributed by atoms with van der Waals surface area (Å²) in [6.45, 7) is 0.508. The van der Waals surface area contributed by atoms with Crippen LogP contribution in [0.5, 0.6) is 0 Å². The number of aromatic nitrogens is 1. The minimum Gasteiger partial charge on any atom is -0.408 e. The molecule has 0 fully saturated rings. The summed E-state index contributed by atoms with van der Waals surface area (Å²) in [4.78, 5) is 39.5. The van der Waals surface area contributed by atoms with Gasteiger partial charge in [0, 0.05) is 23.5 Å². The van der Waals surface area contributed by atoms with Crippen molar-refractivity contribution in [1.82, 2.24) is 4.57 Å². The molecule has 0 spiro atoms. The van der Waals surface area contributed by atoms with E-state index in [4.69, 9.17) is 4.42 Å². The van der Waals surface area contributed by atoms with Crippen LogP contribution in [0.1, 0.15) is 22.3 Å². The highest BCUT2D eigenvalue weighted by atomic mass is 16.4. The Morgan fingerprint density at radius 1 is 0.969 bits per heavy atom. The van der Waals surface area contributed by atoms with Gasteiger partial charge in [0.1, 0.15) is 6.54 Å². The standard InChI is InChI=1S/C25H21N3O4/c29-23(16-28-21-10-4-5-11-22(21)32-25(28)31)26-19-12-13-20-18(15-19)9-6-14-27(20)24(30)17-7-2-1-3-8-17/h1-5,7-8,10-13,15H,6,9,14,16H2,(H,26,29). The molecular formula is C25H21N3O4. The Bertz CT molecular complexity index is 1370. The molecule has 0 bridgehead atoms. The summed E-state index contributed by atoms with van der Waals surface area (Å²) >= 11 is 0. The van der Waals surface area contributed by atoms with Crippen LogP contribution in [-0.4, -0.2) is 22.9 Å². The number of carbonyl (C=O) groups excluding carboxylic acids is 2. The zero-order chi connectivity index (χ0) is 22.1. The third-order valence-electron chi connectivity index (χ3n) is 5.62. The number of fused-ring (bicyclic) bond motifs is 2. The first-order valence-electron chi connectivity index (χ1n) is 10.5. The van der Waals surface area contributed by atoms with E-state index in [0.717, 1.165) is 24.1 Å². The Balaban J connectivity index is 1.35. The van der Waals surface area contributed by atoms with Gasteiger partial charge in [0.25, 0.3) is 5.91 Å². The number of benzene rings is 3. The van der Waals surface area contributed by atoms with Crippen molar-refractivity contribution in [1.29, 1.82) is 0 Å².